The summed E-state index contributed by atoms with van der Waals surface area (Å²) in [4.78, 5) is 4.70. The zero-order valence-corrected chi connectivity index (χ0v) is 11.8. The maximum atomic E-state index is 13.5. The smallest absolute Gasteiger partial charge is 0.143 e. The number of anilines is 1. The van der Waals surface area contributed by atoms with E-state index in [1.807, 2.05) is 31.3 Å². The highest BCUT2D eigenvalue weighted by molar-refractivity contribution is 5.84. The van der Waals surface area contributed by atoms with Gasteiger partial charge in [0.15, 0.2) is 0 Å². The Kier molecular flexibility index (Phi) is 2.70. The summed E-state index contributed by atoms with van der Waals surface area (Å²) in [5, 5.41) is 3.21. The van der Waals surface area contributed by atoms with Gasteiger partial charge >= 0.3 is 0 Å². The van der Waals surface area contributed by atoms with Crippen molar-refractivity contribution in [2.45, 2.75) is 18.9 Å². The van der Waals surface area contributed by atoms with Gasteiger partial charge in [-0.15, -0.1) is 0 Å². The third-order valence-electron chi connectivity index (χ3n) is 4.00. The fourth-order valence-corrected chi connectivity index (χ4v) is 2.86. The van der Waals surface area contributed by atoms with Crippen LogP contribution in [0.5, 0.6) is 0 Å². The van der Waals surface area contributed by atoms with Gasteiger partial charge in [-0.05, 0) is 37.1 Å². The van der Waals surface area contributed by atoms with Gasteiger partial charge in [-0.3, -0.25) is 0 Å². The molecule has 0 saturated heterocycles. The predicted octanol–water partition coefficient (Wildman–Crippen LogP) is 4.22. The summed E-state index contributed by atoms with van der Waals surface area (Å²) < 4.78 is 15.7. The summed E-state index contributed by atoms with van der Waals surface area (Å²) in [6.07, 6.45) is 2.33. The first-order chi connectivity index (χ1) is 10.3. The molecular formula is C17H16FN3. The monoisotopic (exact) mass is 281 g/mol. The van der Waals surface area contributed by atoms with Crippen molar-refractivity contribution >= 4 is 16.7 Å². The first-order valence-corrected chi connectivity index (χ1v) is 7.22. The highest BCUT2D eigenvalue weighted by atomic mass is 19.1. The van der Waals surface area contributed by atoms with Gasteiger partial charge in [-0.25, -0.2) is 9.37 Å². The molecule has 0 bridgehead atoms. The molecule has 1 aliphatic rings. The summed E-state index contributed by atoms with van der Waals surface area (Å²) in [5.41, 5.74) is 3.83. The third-order valence-corrected chi connectivity index (χ3v) is 4.00. The van der Waals surface area contributed by atoms with E-state index in [9.17, 15) is 4.39 Å². The average Bonchev–Trinajstić information content (AvgIpc) is 3.27. The van der Waals surface area contributed by atoms with Crippen molar-refractivity contribution in [1.29, 1.82) is 0 Å². The lowest BCUT2D eigenvalue weighted by molar-refractivity contribution is 0.629. The van der Waals surface area contributed by atoms with Crippen LogP contribution < -0.4 is 5.32 Å². The Bertz CT molecular complexity index is 818. The second-order valence-electron chi connectivity index (χ2n) is 5.47. The fraction of sp³-hybridized carbons (Fsp3) is 0.235. The van der Waals surface area contributed by atoms with Crippen LogP contribution in [0, 0.1) is 5.82 Å². The number of aromatic nitrogens is 2. The zero-order chi connectivity index (χ0) is 14.4. The molecule has 1 fully saturated rings. The summed E-state index contributed by atoms with van der Waals surface area (Å²) in [6, 6.07) is 13.4. The maximum Gasteiger partial charge on any atom is 0.143 e. The van der Waals surface area contributed by atoms with Crippen molar-refractivity contribution in [3.63, 3.8) is 0 Å². The average molecular weight is 281 g/mol. The Morgan fingerprint density at radius 1 is 1.19 bits per heavy atom. The minimum absolute atomic E-state index is 0.239. The number of nitrogens with zero attached hydrogens (tertiary/aromatic N) is 2. The number of hydrogen-bond donors (Lipinski definition) is 1. The Balaban J connectivity index is 2.01. The number of hydrogen-bond acceptors (Lipinski definition) is 2. The number of para-hydroxylation sites is 1. The molecule has 3 aromatic rings. The normalized spacial score (nSPS) is 14.6. The molecule has 1 N–H and O–H groups in total. The third kappa shape index (κ3) is 1.98. The topological polar surface area (TPSA) is 29.9 Å². The van der Waals surface area contributed by atoms with Crippen LogP contribution in [0.2, 0.25) is 0 Å². The van der Waals surface area contributed by atoms with Gasteiger partial charge in [-0.2, -0.15) is 0 Å². The predicted molar refractivity (Wildman–Crippen MR) is 82.9 cm³/mol. The van der Waals surface area contributed by atoms with Crippen molar-refractivity contribution in [3.05, 3.63) is 48.3 Å². The van der Waals surface area contributed by atoms with E-state index < -0.39 is 0 Å². The van der Waals surface area contributed by atoms with Crippen LogP contribution in [-0.4, -0.2) is 16.6 Å². The molecule has 4 rings (SSSR count). The van der Waals surface area contributed by atoms with Crippen LogP contribution >= 0.6 is 0 Å². The Morgan fingerprint density at radius 3 is 2.76 bits per heavy atom. The molecule has 0 unspecified atom stereocenters. The second kappa shape index (κ2) is 4.58. The molecule has 2 aromatic carbocycles. The molecule has 21 heavy (non-hydrogen) atoms. The molecule has 0 atom stereocenters. The molecule has 4 heteroatoms. The Morgan fingerprint density at radius 2 is 2.00 bits per heavy atom. The van der Waals surface area contributed by atoms with Crippen LogP contribution in [-0.2, 0) is 0 Å². The van der Waals surface area contributed by atoms with E-state index in [2.05, 4.69) is 16.0 Å². The molecule has 1 aliphatic carbocycles. The minimum Gasteiger partial charge on any atom is -0.388 e. The van der Waals surface area contributed by atoms with Crippen molar-refractivity contribution < 1.29 is 4.39 Å². The van der Waals surface area contributed by atoms with Crippen LogP contribution in [0.3, 0.4) is 0 Å². The summed E-state index contributed by atoms with van der Waals surface area (Å²) in [5.74, 6) is 0.680. The number of benzene rings is 2. The fourth-order valence-electron chi connectivity index (χ4n) is 2.86. The van der Waals surface area contributed by atoms with Crippen molar-refractivity contribution in [3.8, 4) is 11.4 Å². The van der Waals surface area contributed by atoms with E-state index >= 15 is 0 Å². The molecule has 106 valence electrons. The van der Waals surface area contributed by atoms with Crippen molar-refractivity contribution in [2.24, 2.45) is 0 Å². The molecule has 1 aromatic heterocycles. The summed E-state index contributed by atoms with van der Waals surface area (Å²) in [7, 11) is 1.91. The maximum absolute atomic E-state index is 13.5. The first kappa shape index (κ1) is 12.4. The van der Waals surface area contributed by atoms with E-state index in [0.717, 1.165) is 41.0 Å². The number of nitrogens with one attached hydrogen (secondary N) is 1. The molecular weight excluding hydrogens is 265 g/mol. The van der Waals surface area contributed by atoms with Crippen LogP contribution in [0.1, 0.15) is 18.9 Å². The SMILES string of the molecule is CNc1ccccc1-c1nc2cc(F)ccc2n1C1CC1. The standard InChI is InChI=1S/C17H16FN3/c1-19-14-5-3-2-4-13(14)17-20-15-10-11(18)6-9-16(15)21(17)12-7-8-12/h2-6,9-10,12,19H,7-8H2,1H3. The van der Waals surface area contributed by atoms with E-state index in [-0.39, 0.29) is 5.82 Å². The summed E-state index contributed by atoms with van der Waals surface area (Å²) >= 11 is 0. The molecule has 1 heterocycles. The van der Waals surface area contributed by atoms with Crippen molar-refractivity contribution in [1.82, 2.24) is 9.55 Å². The first-order valence-electron chi connectivity index (χ1n) is 7.22. The lowest BCUT2D eigenvalue weighted by atomic mass is 10.1. The van der Waals surface area contributed by atoms with Crippen LogP contribution in [0.15, 0.2) is 42.5 Å². The van der Waals surface area contributed by atoms with Gasteiger partial charge in [0.05, 0.1) is 11.0 Å². The minimum atomic E-state index is -0.239. The molecule has 0 aliphatic heterocycles. The van der Waals surface area contributed by atoms with Gasteiger partial charge in [0.2, 0.25) is 0 Å². The molecule has 0 radical (unpaired) electrons. The Labute approximate surface area is 122 Å². The van der Waals surface area contributed by atoms with E-state index in [4.69, 9.17) is 4.98 Å². The molecule has 1 saturated carbocycles. The van der Waals surface area contributed by atoms with E-state index in [0.29, 0.717) is 6.04 Å². The molecule has 0 amide bonds. The largest absolute Gasteiger partial charge is 0.388 e. The van der Waals surface area contributed by atoms with Gasteiger partial charge in [0.25, 0.3) is 0 Å². The Hall–Kier alpha value is -2.36. The van der Waals surface area contributed by atoms with Crippen LogP contribution in [0.4, 0.5) is 10.1 Å². The van der Waals surface area contributed by atoms with Crippen LogP contribution in [0.25, 0.3) is 22.4 Å². The highest BCUT2D eigenvalue weighted by Gasteiger charge is 2.29. The van der Waals surface area contributed by atoms with Gasteiger partial charge in [-0.1, -0.05) is 12.1 Å². The van der Waals surface area contributed by atoms with Gasteiger partial charge in [0.1, 0.15) is 11.6 Å². The lowest BCUT2D eigenvalue weighted by Gasteiger charge is -2.11. The zero-order valence-electron chi connectivity index (χ0n) is 11.8. The number of halogens is 1. The van der Waals surface area contributed by atoms with Gasteiger partial charge < -0.3 is 9.88 Å². The number of rotatable bonds is 3. The molecule has 3 nitrogen and oxygen atoms in total. The van der Waals surface area contributed by atoms with Crippen molar-refractivity contribution in [2.75, 3.05) is 12.4 Å². The number of imidazole rings is 1. The molecule has 0 spiro atoms. The number of fused-ring (bicyclic) bond motifs is 1. The second-order valence-corrected chi connectivity index (χ2v) is 5.47. The summed E-state index contributed by atoms with van der Waals surface area (Å²) in [6.45, 7) is 0. The van der Waals surface area contributed by atoms with E-state index in [1.54, 1.807) is 0 Å². The quantitative estimate of drug-likeness (QED) is 0.779. The van der Waals surface area contributed by atoms with Gasteiger partial charge in [0, 0.05) is 30.4 Å². The highest BCUT2D eigenvalue weighted by Crippen LogP contribution is 2.42. The van der Waals surface area contributed by atoms with E-state index in [1.165, 1.54) is 12.1 Å². The lowest BCUT2D eigenvalue weighted by Crippen LogP contribution is -2.00.